The van der Waals surface area contributed by atoms with Gasteiger partial charge < -0.3 is 14.3 Å². The lowest BCUT2D eigenvalue weighted by Gasteiger charge is -2.42. The summed E-state index contributed by atoms with van der Waals surface area (Å²) in [5.74, 6) is 2.26. The van der Waals surface area contributed by atoms with Crippen LogP contribution in [0.5, 0.6) is 0 Å². The van der Waals surface area contributed by atoms with Crippen molar-refractivity contribution in [3.8, 4) is 0 Å². The summed E-state index contributed by atoms with van der Waals surface area (Å²) in [6, 6.07) is 4.27. The molecule has 4 heterocycles. The van der Waals surface area contributed by atoms with E-state index in [1.54, 1.807) is 6.26 Å². The number of fused-ring (bicyclic) bond motifs is 1. The van der Waals surface area contributed by atoms with E-state index < -0.39 is 0 Å². The summed E-state index contributed by atoms with van der Waals surface area (Å²) in [7, 11) is 2.16. The van der Waals surface area contributed by atoms with Gasteiger partial charge in [0.25, 0.3) is 5.91 Å². The zero-order valence-corrected chi connectivity index (χ0v) is 15.7. The Morgan fingerprint density at radius 1 is 1.37 bits per heavy atom. The molecule has 0 unspecified atom stereocenters. The third kappa shape index (κ3) is 2.96. The molecule has 0 aromatic carbocycles. The first-order valence-electron chi connectivity index (χ1n) is 9.82. The third-order valence-electron chi connectivity index (χ3n) is 6.48. The molecule has 5 rings (SSSR count). The van der Waals surface area contributed by atoms with Gasteiger partial charge in [-0.25, -0.2) is 0 Å². The molecule has 27 heavy (non-hydrogen) atoms. The van der Waals surface area contributed by atoms with Gasteiger partial charge in [0.05, 0.1) is 24.9 Å². The second-order valence-corrected chi connectivity index (χ2v) is 8.25. The Hall–Kier alpha value is -2.19. The molecule has 1 aliphatic carbocycles. The molecule has 1 atom stereocenters. The van der Waals surface area contributed by atoms with E-state index in [9.17, 15) is 4.79 Å². The van der Waals surface area contributed by atoms with Gasteiger partial charge in [0.15, 0.2) is 0 Å². The lowest BCUT2D eigenvalue weighted by molar-refractivity contribution is 0.0638. The Morgan fingerprint density at radius 2 is 2.26 bits per heavy atom. The molecule has 1 amide bonds. The van der Waals surface area contributed by atoms with E-state index in [0.29, 0.717) is 11.9 Å². The van der Waals surface area contributed by atoms with Gasteiger partial charge in [0, 0.05) is 25.7 Å². The normalized spacial score (nSPS) is 26.3. The molecule has 2 aromatic heterocycles. The largest absolute Gasteiger partial charge is 0.468 e. The number of likely N-dealkylation sites (tertiary alicyclic amines) is 1. The molecule has 1 saturated heterocycles. The van der Waals surface area contributed by atoms with E-state index in [1.807, 2.05) is 16.7 Å². The van der Waals surface area contributed by atoms with Gasteiger partial charge >= 0.3 is 0 Å². The van der Waals surface area contributed by atoms with Crippen LogP contribution in [0.1, 0.15) is 47.9 Å². The molecular weight excluding hydrogens is 344 g/mol. The first-order chi connectivity index (χ1) is 13.1. The van der Waals surface area contributed by atoms with E-state index in [4.69, 9.17) is 4.42 Å². The average Bonchev–Trinajstić information content (AvgIpc) is 3.34. The van der Waals surface area contributed by atoms with Crippen LogP contribution in [0.15, 0.2) is 22.8 Å². The molecule has 2 aromatic rings. The van der Waals surface area contributed by atoms with Crippen LogP contribution in [-0.4, -0.2) is 62.2 Å². The summed E-state index contributed by atoms with van der Waals surface area (Å²) in [6.07, 6.45) is 6.13. The molecule has 2 aliphatic heterocycles. The fourth-order valence-electron chi connectivity index (χ4n) is 4.52. The second-order valence-electron chi connectivity index (χ2n) is 8.25. The van der Waals surface area contributed by atoms with E-state index in [0.717, 1.165) is 63.6 Å². The van der Waals surface area contributed by atoms with E-state index in [-0.39, 0.29) is 11.4 Å². The summed E-state index contributed by atoms with van der Waals surface area (Å²) in [5.41, 5.74) is 0.00741. The molecule has 1 saturated carbocycles. The highest BCUT2D eigenvalue weighted by Crippen LogP contribution is 2.34. The van der Waals surface area contributed by atoms with Gasteiger partial charge in [-0.1, -0.05) is 0 Å². The van der Waals surface area contributed by atoms with Crippen LogP contribution < -0.4 is 5.32 Å². The van der Waals surface area contributed by atoms with Crippen molar-refractivity contribution in [1.82, 2.24) is 29.9 Å². The van der Waals surface area contributed by atoms with Crippen molar-refractivity contribution in [3.63, 3.8) is 0 Å². The lowest BCUT2D eigenvalue weighted by Crippen LogP contribution is -2.55. The number of rotatable bonds is 4. The Bertz CT molecular complexity index is 827. The topological polar surface area (TPSA) is 79.4 Å². The number of nitrogens with one attached hydrogen (secondary N) is 1. The van der Waals surface area contributed by atoms with Crippen molar-refractivity contribution < 1.29 is 9.21 Å². The maximum atomic E-state index is 12.7. The Labute approximate surface area is 158 Å². The Kier molecular flexibility index (Phi) is 4.05. The highest BCUT2D eigenvalue weighted by molar-refractivity contribution is 5.91. The summed E-state index contributed by atoms with van der Waals surface area (Å²) < 4.78 is 7.56. The summed E-state index contributed by atoms with van der Waals surface area (Å²) >= 11 is 0. The van der Waals surface area contributed by atoms with Crippen molar-refractivity contribution in [2.24, 2.45) is 0 Å². The monoisotopic (exact) mass is 370 g/mol. The Balaban J connectivity index is 1.34. The quantitative estimate of drug-likeness (QED) is 0.872. The number of hydrogen-bond acceptors (Lipinski definition) is 6. The van der Waals surface area contributed by atoms with E-state index in [1.165, 1.54) is 6.42 Å². The van der Waals surface area contributed by atoms with Crippen LogP contribution in [0, 0.1) is 0 Å². The number of aromatic nitrogens is 3. The van der Waals surface area contributed by atoms with Gasteiger partial charge in [-0.15, -0.1) is 10.2 Å². The number of likely N-dealkylation sites (N-methyl/N-ethyl adjacent to an activating group) is 1. The minimum atomic E-state index is -0.0800. The van der Waals surface area contributed by atoms with Gasteiger partial charge in [0.1, 0.15) is 11.6 Å². The Morgan fingerprint density at radius 3 is 3.00 bits per heavy atom. The third-order valence-corrected chi connectivity index (χ3v) is 6.48. The zero-order chi connectivity index (χ0) is 18.4. The van der Waals surface area contributed by atoms with Crippen LogP contribution in [0.3, 0.4) is 0 Å². The van der Waals surface area contributed by atoms with Crippen molar-refractivity contribution in [3.05, 3.63) is 35.8 Å². The molecule has 3 aliphatic rings. The number of hydrogen-bond donors (Lipinski definition) is 1. The SMILES string of the molecule is CN1Cc2nnc(C(=O)NC3CCC3)n2C[C@@]12CCN(Cc1ccco1)C2. The molecule has 1 spiro atoms. The van der Waals surface area contributed by atoms with Crippen molar-refractivity contribution in [2.45, 2.75) is 56.9 Å². The number of nitrogens with zero attached hydrogens (tertiary/aromatic N) is 5. The molecule has 8 heteroatoms. The second kappa shape index (κ2) is 6.45. The molecule has 2 fully saturated rings. The minimum Gasteiger partial charge on any atom is -0.468 e. The van der Waals surface area contributed by atoms with Crippen LogP contribution >= 0.6 is 0 Å². The highest BCUT2D eigenvalue weighted by atomic mass is 16.3. The van der Waals surface area contributed by atoms with Crippen LogP contribution in [0.4, 0.5) is 0 Å². The van der Waals surface area contributed by atoms with Crippen molar-refractivity contribution >= 4 is 5.91 Å². The van der Waals surface area contributed by atoms with Crippen LogP contribution in [0.2, 0.25) is 0 Å². The maximum absolute atomic E-state index is 12.7. The van der Waals surface area contributed by atoms with Crippen molar-refractivity contribution in [2.75, 3.05) is 20.1 Å². The average molecular weight is 370 g/mol. The fraction of sp³-hybridized carbons (Fsp3) is 0.632. The number of carbonyl (C=O) groups is 1. The predicted molar refractivity (Wildman–Crippen MR) is 97.9 cm³/mol. The first kappa shape index (κ1) is 16.9. The summed E-state index contributed by atoms with van der Waals surface area (Å²) in [4.78, 5) is 17.5. The molecule has 0 bridgehead atoms. The van der Waals surface area contributed by atoms with Crippen molar-refractivity contribution in [1.29, 1.82) is 0 Å². The molecule has 8 nitrogen and oxygen atoms in total. The number of amides is 1. The van der Waals surface area contributed by atoms with E-state index >= 15 is 0 Å². The fourth-order valence-corrected chi connectivity index (χ4v) is 4.52. The zero-order valence-electron chi connectivity index (χ0n) is 15.7. The molecule has 144 valence electrons. The first-order valence-corrected chi connectivity index (χ1v) is 9.82. The number of furan rings is 1. The highest BCUT2D eigenvalue weighted by Gasteiger charge is 2.46. The standard InChI is InChI=1S/C19H26N6O2/c1-23-11-16-21-22-17(18(26)20-14-4-2-5-14)25(16)13-19(23)7-8-24(12-19)10-15-6-3-9-27-15/h3,6,9,14H,2,4-5,7-8,10-13H2,1H3,(H,20,26)/t19-/m0/s1. The van der Waals surface area contributed by atoms with E-state index in [2.05, 4.69) is 32.4 Å². The molecule has 0 radical (unpaired) electrons. The van der Waals surface area contributed by atoms with Gasteiger partial charge in [-0.2, -0.15) is 0 Å². The molecule has 1 N–H and O–H groups in total. The van der Waals surface area contributed by atoms with Crippen LogP contribution in [-0.2, 0) is 19.6 Å². The number of carbonyl (C=O) groups excluding carboxylic acids is 1. The lowest BCUT2D eigenvalue weighted by atomic mass is 9.93. The van der Waals surface area contributed by atoms with Gasteiger partial charge in [0.2, 0.25) is 5.82 Å². The predicted octanol–water partition coefficient (Wildman–Crippen LogP) is 1.24. The van der Waals surface area contributed by atoms with Gasteiger partial charge in [-0.3, -0.25) is 14.6 Å². The smallest absolute Gasteiger partial charge is 0.289 e. The summed E-state index contributed by atoms with van der Waals surface area (Å²) in [5, 5.41) is 11.6. The van der Waals surface area contributed by atoms with Crippen LogP contribution in [0.25, 0.3) is 0 Å². The minimum absolute atomic E-state index is 0.00741. The maximum Gasteiger partial charge on any atom is 0.289 e. The van der Waals surface area contributed by atoms with Gasteiger partial charge in [-0.05, 0) is 44.9 Å². The summed E-state index contributed by atoms with van der Waals surface area (Å²) in [6.45, 7) is 4.27. The molecular formula is C19H26N6O2.